The van der Waals surface area contributed by atoms with Gasteiger partial charge in [-0.05, 0) is 47.5 Å². The summed E-state index contributed by atoms with van der Waals surface area (Å²) >= 11 is 1.82. The van der Waals surface area contributed by atoms with Crippen molar-refractivity contribution in [2.45, 2.75) is 16.3 Å². The molecule has 1 heterocycles. The Morgan fingerprint density at radius 3 is 2.26 bits per heavy atom. The Kier molecular flexibility index (Phi) is 5.46. The average molecular weight is 422 g/mol. The fraction of sp³-hybridized carbons (Fsp3) is 0.0741. The maximum Gasteiger partial charge on any atom is 0.0666 e. The highest BCUT2D eigenvalue weighted by atomic mass is 32.2. The molecule has 31 heavy (non-hydrogen) atoms. The molecule has 4 aromatic rings. The van der Waals surface area contributed by atoms with E-state index in [1.54, 1.807) is 0 Å². The summed E-state index contributed by atoms with van der Waals surface area (Å²) in [6.07, 6.45) is 1.96. The predicted octanol–water partition coefficient (Wildman–Crippen LogP) is 6.96. The normalized spacial score (nSPS) is 12.5. The van der Waals surface area contributed by atoms with Crippen LogP contribution in [-0.4, -0.2) is 13.3 Å². The van der Waals surface area contributed by atoms with Crippen LogP contribution in [0.25, 0.3) is 0 Å². The Morgan fingerprint density at radius 2 is 1.45 bits per heavy atom. The molecule has 4 aromatic carbocycles. The van der Waals surface area contributed by atoms with Gasteiger partial charge in [0.1, 0.15) is 0 Å². The van der Waals surface area contributed by atoms with Crippen molar-refractivity contribution < 1.29 is 0 Å². The van der Waals surface area contributed by atoms with Gasteiger partial charge in [0.15, 0.2) is 0 Å². The van der Waals surface area contributed by atoms with Crippen LogP contribution in [0.2, 0.25) is 0 Å². The van der Waals surface area contributed by atoms with Crippen LogP contribution < -0.4 is 9.91 Å². The summed E-state index contributed by atoms with van der Waals surface area (Å²) in [6.45, 7) is 0.719. The Bertz CT molecular complexity index is 1210. The molecule has 5 rings (SSSR count). The SMILES string of the molecule is CN1c2ccccc2Sc2cc(C=NN(Cc3ccccc3)c3ccccc3)ccc21. The maximum atomic E-state index is 4.86. The molecule has 0 unspecified atom stereocenters. The smallest absolute Gasteiger partial charge is 0.0666 e. The number of anilines is 3. The fourth-order valence-electron chi connectivity index (χ4n) is 3.73. The number of rotatable bonds is 5. The summed E-state index contributed by atoms with van der Waals surface area (Å²) in [5.41, 5.74) is 5.86. The van der Waals surface area contributed by atoms with Gasteiger partial charge in [0.2, 0.25) is 0 Å². The lowest BCUT2D eigenvalue weighted by Gasteiger charge is -2.29. The number of hydrogen-bond acceptors (Lipinski definition) is 4. The second-order valence-electron chi connectivity index (χ2n) is 7.48. The van der Waals surface area contributed by atoms with E-state index in [2.05, 4.69) is 90.8 Å². The number of para-hydroxylation sites is 2. The molecule has 0 saturated carbocycles. The van der Waals surface area contributed by atoms with Crippen LogP contribution in [-0.2, 0) is 6.54 Å². The van der Waals surface area contributed by atoms with Crippen LogP contribution in [0.1, 0.15) is 11.1 Å². The third kappa shape index (κ3) is 4.21. The number of benzene rings is 4. The molecule has 1 aliphatic rings. The number of nitrogens with zero attached hydrogens (tertiary/aromatic N) is 3. The number of hydrogen-bond donors (Lipinski definition) is 0. The van der Waals surface area contributed by atoms with Crippen molar-refractivity contribution in [1.29, 1.82) is 0 Å². The predicted molar refractivity (Wildman–Crippen MR) is 132 cm³/mol. The van der Waals surface area contributed by atoms with Gasteiger partial charge in [0.25, 0.3) is 0 Å². The molecule has 3 nitrogen and oxygen atoms in total. The van der Waals surface area contributed by atoms with E-state index in [1.807, 2.05) is 47.3 Å². The van der Waals surface area contributed by atoms with Gasteiger partial charge in [-0.25, -0.2) is 0 Å². The first-order chi connectivity index (χ1) is 15.3. The minimum Gasteiger partial charge on any atom is -0.343 e. The van der Waals surface area contributed by atoms with Crippen LogP contribution in [0, 0.1) is 0 Å². The van der Waals surface area contributed by atoms with E-state index in [4.69, 9.17) is 5.10 Å². The lowest BCUT2D eigenvalue weighted by molar-refractivity contribution is 0.858. The van der Waals surface area contributed by atoms with Gasteiger partial charge < -0.3 is 4.90 Å². The van der Waals surface area contributed by atoms with E-state index >= 15 is 0 Å². The molecular weight excluding hydrogens is 398 g/mol. The molecule has 0 fully saturated rings. The zero-order chi connectivity index (χ0) is 21.0. The Labute approximate surface area is 187 Å². The van der Waals surface area contributed by atoms with Crippen LogP contribution in [0.3, 0.4) is 0 Å². The molecule has 0 N–H and O–H groups in total. The molecule has 0 radical (unpaired) electrons. The van der Waals surface area contributed by atoms with Gasteiger partial charge >= 0.3 is 0 Å². The highest BCUT2D eigenvalue weighted by Crippen LogP contribution is 2.47. The zero-order valence-electron chi connectivity index (χ0n) is 17.3. The first-order valence-electron chi connectivity index (χ1n) is 10.3. The quantitative estimate of drug-likeness (QED) is 0.256. The molecule has 4 heteroatoms. The van der Waals surface area contributed by atoms with Crippen molar-refractivity contribution in [3.63, 3.8) is 0 Å². The van der Waals surface area contributed by atoms with Crippen molar-refractivity contribution in [3.8, 4) is 0 Å². The average Bonchev–Trinajstić information content (AvgIpc) is 2.83. The Morgan fingerprint density at radius 1 is 0.774 bits per heavy atom. The molecule has 0 saturated heterocycles. The second-order valence-corrected chi connectivity index (χ2v) is 8.56. The van der Waals surface area contributed by atoms with E-state index in [0.717, 1.165) is 17.8 Å². The van der Waals surface area contributed by atoms with Crippen molar-refractivity contribution >= 4 is 35.0 Å². The molecule has 0 atom stereocenters. The van der Waals surface area contributed by atoms with Gasteiger partial charge in [-0.1, -0.05) is 78.5 Å². The van der Waals surface area contributed by atoms with Crippen LogP contribution in [0.15, 0.2) is 118 Å². The minimum atomic E-state index is 0.719. The minimum absolute atomic E-state index is 0.719. The first-order valence-corrected chi connectivity index (χ1v) is 11.1. The molecule has 0 aromatic heterocycles. The largest absolute Gasteiger partial charge is 0.343 e. The summed E-state index contributed by atoms with van der Waals surface area (Å²) in [5.74, 6) is 0. The monoisotopic (exact) mass is 421 g/mol. The number of hydrazone groups is 1. The van der Waals surface area contributed by atoms with Crippen molar-refractivity contribution in [1.82, 2.24) is 0 Å². The highest BCUT2D eigenvalue weighted by molar-refractivity contribution is 7.99. The van der Waals surface area contributed by atoms with Crippen LogP contribution in [0.5, 0.6) is 0 Å². The third-order valence-corrected chi connectivity index (χ3v) is 6.48. The van der Waals surface area contributed by atoms with Gasteiger partial charge in [0, 0.05) is 16.8 Å². The van der Waals surface area contributed by atoms with Crippen LogP contribution >= 0.6 is 11.8 Å². The Hall–Kier alpha value is -3.50. The van der Waals surface area contributed by atoms with Crippen molar-refractivity contribution in [3.05, 3.63) is 114 Å². The lowest BCUT2D eigenvalue weighted by Crippen LogP contribution is -2.16. The molecule has 0 bridgehead atoms. The van der Waals surface area contributed by atoms with Crippen molar-refractivity contribution in [2.24, 2.45) is 5.10 Å². The van der Waals surface area contributed by atoms with E-state index in [-0.39, 0.29) is 0 Å². The van der Waals surface area contributed by atoms with Gasteiger partial charge in [-0.3, -0.25) is 5.01 Å². The topological polar surface area (TPSA) is 18.8 Å². The summed E-state index contributed by atoms with van der Waals surface area (Å²) in [4.78, 5) is 4.79. The van der Waals surface area contributed by atoms with E-state index in [0.29, 0.717) is 0 Å². The lowest BCUT2D eigenvalue weighted by atomic mass is 10.2. The first kappa shape index (κ1) is 19.5. The summed E-state index contributed by atoms with van der Waals surface area (Å²) in [6, 6.07) is 35.8. The van der Waals surface area contributed by atoms with E-state index in [1.165, 1.54) is 26.7 Å². The van der Waals surface area contributed by atoms with Gasteiger partial charge in [-0.15, -0.1) is 0 Å². The molecule has 152 valence electrons. The molecule has 1 aliphatic heterocycles. The summed E-state index contributed by atoms with van der Waals surface area (Å²) in [7, 11) is 2.13. The molecule has 0 amide bonds. The standard InChI is InChI=1S/C27H23N3S/c1-29-24-14-8-9-15-26(24)31-27-18-22(16-17-25(27)29)19-28-30(23-12-6-3-7-13-23)20-21-10-4-2-5-11-21/h2-19H,20H2,1H3. The highest BCUT2D eigenvalue weighted by Gasteiger charge is 2.20. The van der Waals surface area contributed by atoms with E-state index < -0.39 is 0 Å². The summed E-state index contributed by atoms with van der Waals surface area (Å²) in [5, 5.41) is 6.90. The fourth-order valence-corrected chi connectivity index (χ4v) is 4.93. The van der Waals surface area contributed by atoms with E-state index in [9.17, 15) is 0 Å². The summed E-state index contributed by atoms with van der Waals surface area (Å²) < 4.78 is 0. The van der Waals surface area contributed by atoms with Crippen LogP contribution in [0.4, 0.5) is 17.1 Å². The Balaban J connectivity index is 1.43. The van der Waals surface area contributed by atoms with Gasteiger partial charge in [0.05, 0.1) is 29.8 Å². The molecular formula is C27H23N3S. The zero-order valence-corrected chi connectivity index (χ0v) is 18.2. The second kappa shape index (κ2) is 8.70. The third-order valence-electron chi connectivity index (χ3n) is 5.37. The molecule has 0 aliphatic carbocycles. The van der Waals surface area contributed by atoms with Gasteiger partial charge in [-0.2, -0.15) is 5.10 Å². The molecule has 0 spiro atoms. The van der Waals surface area contributed by atoms with Crippen molar-refractivity contribution in [2.75, 3.05) is 17.0 Å². The maximum absolute atomic E-state index is 4.86. The number of fused-ring (bicyclic) bond motifs is 2.